The first-order chi connectivity index (χ1) is 9.97. The molecular formula is C14H10ClN3O2S. The number of fused-ring (bicyclic) bond motifs is 1. The molecule has 2 heterocycles. The third kappa shape index (κ3) is 2.32. The summed E-state index contributed by atoms with van der Waals surface area (Å²) in [6.45, 7) is 1.46. The van der Waals surface area contributed by atoms with E-state index >= 15 is 0 Å². The van der Waals surface area contributed by atoms with Gasteiger partial charge in [-0.15, -0.1) is 11.3 Å². The van der Waals surface area contributed by atoms with E-state index in [0.29, 0.717) is 37.1 Å². The zero-order chi connectivity index (χ0) is 15.1. The molecule has 0 aliphatic heterocycles. The van der Waals surface area contributed by atoms with Crippen molar-refractivity contribution in [3.8, 4) is 17.0 Å². The van der Waals surface area contributed by atoms with Crippen molar-refractivity contribution in [1.82, 2.24) is 9.97 Å². The summed E-state index contributed by atoms with van der Waals surface area (Å²) in [5, 5.41) is 10.7. The maximum atomic E-state index is 11.6. The van der Waals surface area contributed by atoms with E-state index in [1.807, 2.05) is 0 Å². The quantitative estimate of drug-likeness (QED) is 0.706. The number of rotatable bonds is 2. The zero-order valence-electron chi connectivity index (χ0n) is 10.9. The lowest BCUT2D eigenvalue weighted by Gasteiger charge is -2.05. The van der Waals surface area contributed by atoms with Crippen LogP contribution in [0.25, 0.3) is 21.5 Å². The summed E-state index contributed by atoms with van der Waals surface area (Å²) in [7, 11) is 0. The molecule has 1 aromatic carbocycles. The van der Waals surface area contributed by atoms with Crippen LogP contribution in [0.1, 0.15) is 16.6 Å². The number of nitrogen functional groups attached to an aromatic ring is 1. The second-order valence-electron chi connectivity index (χ2n) is 4.50. The number of anilines is 1. The highest BCUT2D eigenvalue weighted by Gasteiger charge is 2.19. The first-order valence-electron chi connectivity index (χ1n) is 6.01. The number of hydrogen-bond acceptors (Lipinski definition) is 6. The van der Waals surface area contributed by atoms with Gasteiger partial charge in [0.15, 0.2) is 5.78 Å². The zero-order valence-corrected chi connectivity index (χ0v) is 12.5. The van der Waals surface area contributed by atoms with Crippen LogP contribution >= 0.6 is 22.9 Å². The number of nitrogens with two attached hydrogens (primary N) is 1. The van der Waals surface area contributed by atoms with Gasteiger partial charge >= 0.3 is 0 Å². The molecule has 3 N–H and O–H groups in total. The summed E-state index contributed by atoms with van der Waals surface area (Å²) in [5.74, 6) is -0.0831. The minimum absolute atomic E-state index is 0.0323. The Balaban J connectivity index is 2.35. The van der Waals surface area contributed by atoms with Crippen molar-refractivity contribution in [3.63, 3.8) is 0 Å². The third-order valence-electron chi connectivity index (χ3n) is 3.00. The minimum Gasteiger partial charge on any atom is -0.508 e. The highest BCUT2D eigenvalue weighted by Crippen LogP contribution is 2.39. The first-order valence-corrected chi connectivity index (χ1v) is 7.20. The molecule has 0 fully saturated rings. The van der Waals surface area contributed by atoms with Crippen LogP contribution in [-0.2, 0) is 0 Å². The second kappa shape index (κ2) is 4.98. The van der Waals surface area contributed by atoms with Crippen molar-refractivity contribution in [3.05, 3.63) is 34.4 Å². The van der Waals surface area contributed by atoms with Crippen LogP contribution in [0.2, 0.25) is 5.02 Å². The minimum atomic E-state index is -0.115. The fourth-order valence-electron chi connectivity index (χ4n) is 2.15. The van der Waals surface area contributed by atoms with E-state index in [-0.39, 0.29) is 11.5 Å². The molecule has 3 rings (SSSR count). The summed E-state index contributed by atoms with van der Waals surface area (Å²) in [4.78, 5) is 21.1. The van der Waals surface area contributed by atoms with Gasteiger partial charge in [-0.05, 0) is 18.2 Å². The molecule has 0 spiro atoms. The Labute approximate surface area is 129 Å². The van der Waals surface area contributed by atoms with Gasteiger partial charge in [0.05, 0.1) is 21.6 Å². The smallest absolute Gasteiger partial charge is 0.171 e. The van der Waals surface area contributed by atoms with E-state index in [1.165, 1.54) is 36.7 Å². The number of ketones is 1. The highest BCUT2D eigenvalue weighted by molar-refractivity contribution is 7.21. The lowest BCUT2D eigenvalue weighted by Crippen LogP contribution is -1.95. The monoisotopic (exact) mass is 319 g/mol. The molecule has 21 heavy (non-hydrogen) atoms. The molecular weight excluding hydrogens is 310 g/mol. The Morgan fingerprint density at radius 2 is 2.10 bits per heavy atom. The molecule has 5 nitrogen and oxygen atoms in total. The number of carbonyl (C=O) groups is 1. The van der Waals surface area contributed by atoms with Gasteiger partial charge in [-0.3, -0.25) is 4.79 Å². The number of nitrogens with zero attached hydrogens (tertiary/aromatic N) is 2. The van der Waals surface area contributed by atoms with Crippen LogP contribution in [0.3, 0.4) is 0 Å². The van der Waals surface area contributed by atoms with Gasteiger partial charge in [0.2, 0.25) is 0 Å². The largest absolute Gasteiger partial charge is 0.508 e. The number of phenols is 1. The van der Waals surface area contributed by atoms with Crippen molar-refractivity contribution in [2.45, 2.75) is 6.92 Å². The van der Waals surface area contributed by atoms with Crippen LogP contribution in [0.4, 0.5) is 5.69 Å². The van der Waals surface area contributed by atoms with Gasteiger partial charge in [-0.2, -0.15) is 0 Å². The van der Waals surface area contributed by atoms with Gasteiger partial charge < -0.3 is 10.8 Å². The van der Waals surface area contributed by atoms with Crippen molar-refractivity contribution in [1.29, 1.82) is 0 Å². The third-order valence-corrected chi connectivity index (χ3v) is 4.43. The maximum Gasteiger partial charge on any atom is 0.171 e. The molecule has 0 radical (unpaired) electrons. The first kappa shape index (κ1) is 13.8. The van der Waals surface area contributed by atoms with Crippen LogP contribution in [0.15, 0.2) is 24.5 Å². The number of thiophene rings is 1. The molecule has 0 aliphatic rings. The average molecular weight is 320 g/mol. The average Bonchev–Trinajstić information content (AvgIpc) is 2.75. The molecule has 7 heteroatoms. The molecule has 106 valence electrons. The lowest BCUT2D eigenvalue weighted by molar-refractivity contribution is 0.102. The summed E-state index contributed by atoms with van der Waals surface area (Å²) in [5.41, 5.74) is 7.59. The highest BCUT2D eigenvalue weighted by atomic mass is 35.5. The van der Waals surface area contributed by atoms with E-state index < -0.39 is 0 Å². The fraction of sp³-hybridized carbons (Fsp3) is 0.0714. The molecule has 0 bridgehead atoms. The number of benzene rings is 1. The van der Waals surface area contributed by atoms with Crippen LogP contribution < -0.4 is 5.73 Å². The number of aromatic hydroxyl groups is 1. The Morgan fingerprint density at radius 1 is 1.33 bits per heavy atom. The number of hydrogen-bond donors (Lipinski definition) is 2. The predicted octanol–water partition coefficient (Wildman–Crippen LogP) is 3.50. The number of halogens is 1. The number of carbonyl (C=O) groups excluding carboxylic acids is 1. The fourth-order valence-corrected chi connectivity index (χ4v) is 3.33. The Bertz CT molecular complexity index is 856. The molecule has 3 aromatic rings. The molecule has 0 atom stereocenters. The molecule has 2 aromatic heterocycles. The summed E-state index contributed by atoms with van der Waals surface area (Å²) in [6, 6.07) is 4.65. The summed E-state index contributed by atoms with van der Waals surface area (Å²) in [6.07, 6.45) is 1.40. The van der Waals surface area contributed by atoms with E-state index in [1.54, 1.807) is 6.07 Å². The predicted molar refractivity (Wildman–Crippen MR) is 83.9 cm³/mol. The molecule has 0 aliphatic carbocycles. The van der Waals surface area contributed by atoms with Crippen molar-refractivity contribution in [2.75, 3.05) is 5.73 Å². The van der Waals surface area contributed by atoms with Gasteiger partial charge in [-0.1, -0.05) is 11.6 Å². The van der Waals surface area contributed by atoms with E-state index in [9.17, 15) is 9.90 Å². The SMILES string of the molecule is CC(=O)c1sc2ncnc(-c3cc(O)cc(Cl)c3)c2c1N. The molecule has 0 saturated carbocycles. The van der Waals surface area contributed by atoms with Gasteiger partial charge in [0, 0.05) is 17.5 Å². The van der Waals surface area contributed by atoms with Crippen LogP contribution in [-0.4, -0.2) is 20.9 Å². The topological polar surface area (TPSA) is 89.1 Å². The van der Waals surface area contributed by atoms with Crippen molar-refractivity contribution in [2.24, 2.45) is 0 Å². The van der Waals surface area contributed by atoms with E-state index in [2.05, 4.69) is 9.97 Å². The summed E-state index contributed by atoms with van der Waals surface area (Å²) >= 11 is 7.19. The van der Waals surface area contributed by atoms with E-state index in [4.69, 9.17) is 17.3 Å². The van der Waals surface area contributed by atoms with Crippen LogP contribution in [0.5, 0.6) is 5.75 Å². The molecule has 0 amide bonds. The normalized spacial score (nSPS) is 11.0. The lowest BCUT2D eigenvalue weighted by atomic mass is 10.1. The Hall–Kier alpha value is -2.18. The maximum absolute atomic E-state index is 11.6. The number of phenolic OH excluding ortho intramolecular Hbond substituents is 1. The Morgan fingerprint density at radius 3 is 2.76 bits per heavy atom. The molecule has 0 unspecified atom stereocenters. The Kier molecular flexibility index (Phi) is 3.27. The van der Waals surface area contributed by atoms with Crippen molar-refractivity contribution < 1.29 is 9.90 Å². The second-order valence-corrected chi connectivity index (χ2v) is 5.94. The standard InChI is InChI=1S/C14H10ClN3O2S/c1-6(19)13-11(16)10-12(17-5-18-14(10)21-13)7-2-8(15)4-9(20)3-7/h2-5,20H,16H2,1H3. The van der Waals surface area contributed by atoms with Crippen molar-refractivity contribution >= 4 is 44.6 Å². The van der Waals surface area contributed by atoms with Crippen LogP contribution in [0, 0.1) is 0 Å². The number of Topliss-reactive ketones (excluding diaryl/α,β-unsaturated/α-hetero) is 1. The van der Waals surface area contributed by atoms with E-state index in [0.717, 1.165) is 0 Å². The number of aromatic nitrogens is 2. The van der Waals surface area contributed by atoms with Gasteiger partial charge in [0.1, 0.15) is 16.9 Å². The molecule has 0 saturated heterocycles. The van der Waals surface area contributed by atoms with Gasteiger partial charge in [0.25, 0.3) is 0 Å². The van der Waals surface area contributed by atoms with Gasteiger partial charge in [-0.25, -0.2) is 9.97 Å². The summed E-state index contributed by atoms with van der Waals surface area (Å²) < 4.78 is 0.